The highest BCUT2D eigenvalue weighted by Gasteiger charge is 2.03. The average Bonchev–Trinajstić information content (AvgIpc) is 2.29. The fourth-order valence-corrected chi connectivity index (χ4v) is 1.05. The normalized spacial score (nSPS) is 12.4. The number of hydrogen-bond donors (Lipinski definition) is 1. The molecule has 1 aromatic rings. The first-order chi connectivity index (χ1) is 7.33. The summed E-state index contributed by atoms with van der Waals surface area (Å²) in [7, 11) is -0.598. The van der Waals surface area contributed by atoms with Gasteiger partial charge in [-0.25, -0.2) is 4.89 Å². The quantitative estimate of drug-likeness (QED) is 0.336. The van der Waals surface area contributed by atoms with Gasteiger partial charge in [0, 0.05) is 7.11 Å². The molecule has 1 rings (SSSR count). The van der Waals surface area contributed by atoms with E-state index in [-0.39, 0.29) is 6.61 Å². The Kier molecular flexibility index (Phi) is 6.23. The Bertz CT molecular complexity index is 256. The summed E-state index contributed by atoms with van der Waals surface area (Å²) >= 11 is 0. The van der Waals surface area contributed by atoms with Crippen molar-refractivity contribution in [3.8, 4) is 5.75 Å². The van der Waals surface area contributed by atoms with Gasteiger partial charge in [0.25, 0.3) is 0 Å². The van der Waals surface area contributed by atoms with Crippen molar-refractivity contribution in [3.63, 3.8) is 0 Å². The van der Waals surface area contributed by atoms with E-state index in [1.54, 1.807) is 0 Å². The molecule has 0 aromatic heterocycles. The molecule has 0 aliphatic carbocycles. The fraction of sp³-hybridized carbons (Fsp3) is 0.333. The van der Waals surface area contributed by atoms with E-state index in [9.17, 15) is 0 Å². The van der Waals surface area contributed by atoms with Gasteiger partial charge in [-0.05, 0) is 12.1 Å². The molecule has 0 fully saturated rings. The van der Waals surface area contributed by atoms with Crippen LogP contribution in [0.4, 0.5) is 0 Å². The maximum absolute atomic E-state index is 8.83. The minimum absolute atomic E-state index is 0.220. The predicted octanol–water partition coefficient (Wildman–Crippen LogP) is 1.88. The molecule has 0 heterocycles. The summed E-state index contributed by atoms with van der Waals surface area (Å²) in [6, 6.07) is 9.35. The lowest BCUT2D eigenvalue weighted by Crippen LogP contribution is -2.05. The molecule has 0 spiro atoms. The molecule has 84 valence electrons. The van der Waals surface area contributed by atoms with Crippen LogP contribution in [0.1, 0.15) is 0 Å². The summed E-state index contributed by atoms with van der Waals surface area (Å²) in [5.74, 6) is 0.763. The van der Waals surface area contributed by atoms with Crippen LogP contribution in [0.25, 0.3) is 0 Å². The van der Waals surface area contributed by atoms with Crippen LogP contribution in [-0.4, -0.2) is 25.2 Å². The lowest BCUT2D eigenvalue weighted by molar-refractivity contribution is -0.218. The van der Waals surface area contributed by atoms with Crippen molar-refractivity contribution in [1.29, 1.82) is 0 Å². The molecule has 0 bridgehead atoms. The second-order valence-corrected chi connectivity index (χ2v) is 3.47. The minimum atomic E-state index is -1.93. The molecule has 0 saturated carbocycles. The first kappa shape index (κ1) is 12.4. The van der Waals surface area contributed by atoms with Crippen LogP contribution in [0.15, 0.2) is 30.3 Å². The molecule has 0 radical (unpaired) electrons. The van der Waals surface area contributed by atoms with E-state index >= 15 is 0 Å². The smallest absolute Gasteiger partial charge is 0.359 e. The van der Waals surface area contributed by atoms with Gasteiger partial charge < -0.3 is 14.2 Å². The molecule has 5 nitrogen and oxygen atoms in total. The van der Waals surface area contributed by atoms with Crippen LogP contribution >= 0.6 is 8.60 Å². The van der Waals surface area contributed by atoms with Crippen LogP contribution in [0.2, 0.25) is 0 Å². The van der Waals surface area contributed by atoms with E-state index in [1.165, 1.54) is 7.11 Å². The Morgan fingerprint density at radius 3 is 2.60 bits per heavy atom. The highest BCUT2D eigenvalue weighted by atomic mass is 31.2. The van der Waals surface area contributed by atoms with Crippen LogP contribution in [-0.2, 0) is 14.1 Å². The molecule has 15 heavy (non-hydrogen) atoms. The third-order valence-corrected chi connectivity index (χ3v) is 2.00. The molecule has 0 aliphatic rings. The van der Waals surface area contributed by atoms with Gasteiger partial charge in [-0.15, -0.1) is 0 Å². The second-order valence-electron chi connectivity index (χ2n) is 2.48. The molecule has 1 atom stereocenters. The number of hydrogen-bond acceptors (Lipinski definition) is 5. The zero-order chi connectivity index (χ0) is 10.9. The lowest BCUT2D eigenvalue weighted by atomic mass is 10.3. The number of para-hydroxylation sites is 1. The highest BCUT2D eigenvalue weighted by Crippen LogP contribution is 2.30. The topological polar surface area (TPSA) is 57.2 Å². The van der Waals surface area contributed by atoms with Crippen molar-refractivity contribution in [2.24, 2.45) is 0 Å². The van der Waals surface area contributed by atoms with E-state index in [4.69, 9.17) is 9.63 Å². The van der Waals surface area contributed by atoms with E-state index < -0.39 is 8.60 Å². The second kappa shape index (κ2) is 7.56. The minimum Gasteiger partial charge on any atom is -0.491 e. The van der Waals surface area contributed by atoms with Gasteiger partial charge in [0.1, 0.15) is 19.0 Å². The van der Waals surface area contributed by atoms with Crippen molar-refractivity contribution < 1.29 is 23.7 Å². The van der Waals surface area contributed by atoms with Gasteiger partial charge in [-0.3, -0.25) is 0 Å². The van der Waals surface area contributed by atoms with Gasteiger partial charge in [0.15, 0.2) is 0 Å². The standard InChI is InChI=1S/C9H13O5P/c1-11-15(10)14-13-8-7-12-9-5-3-2-4-6-9/h2-6,10H,7-8H2,1H3. The monoisotopic (exact) mass is 232 g/mol. The van der Waals surface area contributed by atoms with Crippen LogP contribution in [0, 0.1) is 0 Å². The molecule has 1 aromatic carbocycles. The van der Waals surface area contributed by atoms with Gasteiger partial charge in [0.05, 0.1) is 0 Å². The summed E-state index contributed by atoms with van der Waals surface area (Å²) in [6.45, 7) is 0.564. The predicted molar refractivity (Wildman–Crippen MR) is 55.1 cm³/mol. The summed E-state index contributed by atoms with van der Waals surface area (Å²) in [6.07, 6.45) is 0. The third kappa shape index (κ3) is 5.67. The molecule has 0 saturated heterocycles. The van der Waals surface area contributed by atoms with E-state index in [2.05, 4.69) is 14.1 Å². The lowest BCUT2D eigenvalue weighted by Gasteiger charge is -2.07. The summed E-state index contributed by atoms with van der Waals surface area (Å²) in [5.41, 5.74) is 0. The average molecular weight is 232 g/mol. The van der Waals surface area contributed by atoms with E-state index in [0.29, 0.717) is 6.61 Å². The van der Waals surface area contributed by atoms with Crippen LogP contribution in [0.5, 0.6) is 5.75 Å². The van der Waals surface area contributed by atoms with Gasteiger partial charge in [0.2, 0.25) is 0 Å². The Morgan fingerprint density at radius 2 is 1.93 bits per heavy atom. The number of ether oxygens (including phenoxy) is 1. The van der Waals surface area contributed by atoms with Crippen molar-refractivity contribution >= 4 is 8.60 Å². The van der Waals surface area contributed by atoms with Gasteiger partial charge in [-0.2, -0.15) is 4.67 Å². The SMILES string of the molecule is COP(O)OOCCOc1ccccc1. The molecule has 1 unspecified atom stereocenters. The largest absolute Gasteiger partial charge is 0.491 e. The Hall–Kier alpha value is -0.710. The molecule has 0 amide bonds. The van der Waals surface area contributed by atoms with Crippen molar-refractivity contribution in [2.75, 3.05) is 20.3 Å². The molecule has 6 heteroatoms. The Labute approximate surface area is 89.5 Å². The highest BCUT2D eigenvalue weighted by molar-refractivity contribution is 7.40. The molecule has 1 N–H and O–H groups in total. The molecular weight excluding hydrogens is 219 g/mol. The van der Waals surface area contributed by atoms with Crippen molar-refractivity contribution in [3.05, 3.63) is 30.3 Å². The molecular formula is C9H13O5P. The van der Waals surface area contributed by atoms with Gasteiger partial charge in [-0.1, -0.05) is 18.2 Å². The first-order valence-electron chi connectivity index (χ1n) is 4.33. The maximum Gasteiger partial charge on any atom is 0.359 e. The maximum atomic E-state index is 8.83. The Balaban J connectivity index is 2.03. The van der Waals surface area contributed by atoms with Crippen LogP contribution in [0.3, 0.4) is 0 Å². The number of benzene rings is 1. The Morgan fingerprint density at radius 1 is 1.20 bits per heavy atom. The summed E-state index contributed by atoms with van der Waals surface area (Å²) in [5, 5.41) is 0. The number of rotatable bonds is 7. The first-order valence-corrected chi connectivity index (χ1v) is 5.46. The summed E-state index contributed by atoms with van der Waals surface area (Å²) < 4.78 is 14.2. The fourth-order valence-electron chi connectivity index (χ4n) is 0.823. The zero-order valence-electron chi connectivity index (χ0n) is 8.33. The zero-order valence-corrected chi connectivity index (χ0v) is 9.22. The van der Waals surface area contributed by atoms with Crippen LogP contribution < -0.4 is 4.74 Å². The van der Waals surface area contributed by atoms with E-state index in [0.717, 1.165) is 5.75 Å². The third-order valence-electron chi connectivity index (χ3n) is 1.45. The van der Waals surface area contributed by atoms with E-state index in [1.807, 2.05) is 30.3 Å². The van der Waals surface area contributed by atoms with Crippen molar-refractivity contribution in [1.82, 2.24) is 0 Å². The van der Waals surface area contributed by atoms with Gasteiger partial charge >= 0.3 is 8.60 Å². The van der Waals surface area contributed by atoms with Crippen molar-refractivity contribution in [2.45, 2.75) is 0 Å². The molecule has 0 aliphatic heterocycles. The summed E-state index contributed by atoms with van der Waals surface area (Å²) in [4.78, 5) is 13.5.